The minimum atomic E-state index is -0.894. The van der Waals surface area contributed by atoms with E-state index in [2.05, 4.69) is 12.1 Å². The zero-order chi connectivity index (χ0) is 11.9. The third-order valence-corrected chi connectivity index (χ3v) is 2.72. The zero-order valence-electron chi connectivity index (χ0n) is 10.2. The summed E-state index contributed by atoms with van der Waals surface area (Å²) in [5, 5.41) is 0. The van der Waals surface area contributed by atoms with Crippen LogP contribution in [0.15, 0.2) is 30.3 Å². The molecule has 0 spiro atoms. The van der Waals surface area contributed by atoms with Gasteiger partial charge in [-0.1, -0.05) is 30.3 Å². The molecule has 0 aliphatic rings. The Hall–Kier alpha value is -0.900. The van der Waals surface area contributed by atoms with E-state index in [9.17, 15) is 0 Å². The third-order valence-electron chi connectivity index (χ3n) is 2.72. The maximum Gasteiger partial charge on any atom is 0.282 e. The minimum absolute atomic E-state index is 0.714. The molecule has 0 aliphatic heterocycles. The van der Waals surface area contributed by atoms with Crippen LogP contribution in [-0.4, -0.2) is 27.3 Å². The summed E-state index contributed by atoms with van der Waals surface area (Å²) in [6.07, 6.45) is 2.67. The lowest BCUT2D eigenvalue weighted by atomic mass is 10.1. The Kier molecular flexibility index (Phi) is 5.46. The highest BCUT2D eigenvalue weighted by Crippen LogP contribution is 2.20. The summed E-state index contributed by atoms with van der Waals surface area (Å²) in [7, 11) is 4.78. The molecule has 3 nitrogen and oxygen atoms in total. The van der Waals surface area contributed by atoms with Crippen LogP contribution in [0, 0.1) is 0 Å². The lowest BCUT2D eigenvalue weighted by molar-refractivity contribution is -0.355. The average molecular weight is 224 g/mol. The molecule has 0 unspecified atom stereocenters. The van der Waals surface area contributed by atoms with E-state index in [0.29, 0.717) is 6.42 Å². The summed E-state index contributed by atoms with van der Waals surface area (Å²) in [6, 6.07) is 10.4. The van der Waals surface area contributed by atoms with Crippen LogP contribution in [0.3, 0.4) is 0 Å². The van der Waals surface area contributed by atoms with Gasteiger partial charge in [0.15, 0.2) is 0 Å². The van der Waals surface area contributed by atoms with Gasteiger partial charge in [0.05, 0.1) is 0 Å². The number of hydrogen-bond acceptors (Lipinski definition) is 3. The Morgan fingerprint density at radius 3 is 2.00 bits per heavy atom. The predicted molar refractivity (Wildman–Crippen MR) is 63.1 cm³/mol. The van der Waals surface area contributed by atoms with Crippen molar-refractivity contribution in [3.63, 3.8) is 0 Å². The van der Waals surface area contributed by atoms with Gasteiger partial charge in [-0.2, -0.15) is 0 Å². The molecule has 1 aromatic carbocycles. The van der Waals surface area contributed by atoms with Gasteiger partial charge in [0.1, 0.15) is 0 Å². The first-order chi connectivity index (χ1) is 7.76. The largest absolute Gasteiger partial charge is 0.331 e. The van der Waals surface area contributed by atoms with Gasteiger partial charge in [0.2, 0.25) is 0 Å². The van der Waals surface area contributed by atoms with Crippen molar-refractivity contribution < 1.29 is 14.2 Å². The minimum Gasteiger partial charge on any atom is -0.331 e. The molecule has 0 saturated heterocycles. The Morgan fingerprint density at radius 1 is 0.938 bits per heavy atom. The van der Waals surface area contributed by atoms with Crippen molar-refractivity contribution in [1.29, 1.82) is 0 Å². The molecule has 0 aliphatic carbocycles. The van der Waals surface area contributed by atoms with E-state index in [0.717, 1.165) is 12.8 Å². The molecule has 0 fully saturated rings. The Labute approximate surface area is 97.3 Å². The first-order valence-electron chi connectivity index (χ1n) is 5.45. The molecule has 90 valence electrons. The van der Waals surface area contributed by atoms with Gasteiger partial charge >= 0.3 is 0 Å². The highest BCUT2D eigenvalue weighted by atomic mass is 16.9. The topological polar surface area (TPSA) is 27.7 Å². The number of methoxy groups -OCH3 is 3. The van der Waals surface area contributed by atoms with E-state index < -0.39 is 5.97 Å². The lowest BCUT2D eigenvalue weighted by Gasteiger charge is -2.28. The van der Waals surface area contributed by atoms with Crippen LogP contribution in [0.1, 0.15) is 18.4 Å². The molecule has 0 heterocycles. The van der Waals surface area contributed by atoms with E-state index in [4.69, 9.17) is 14.2 Å². The van der Waals surface area contributed by atoms with Crippen LogP contribution >= 0.6 is 0 Å². The summed E-state index contributed by atoms with van der Waals surface area (Å²) in [5.74, 6) is -0.894. The molecular formula is C13H20O3. The van der Waals surface area contributed by atoms with E-state index in [-0.39, 0.29) is 0 Å². The maximum absolute atomic E-state index is 5.23. The van der Waals surface area contributed by atoms with Crippen LogP contribution in [0.5, 0.6) is 0 Å². The average Bonchev–Trinajstić information content (AvgIpc) is 2.37. The Bertz CT molecular complexity index is 272. The SMILES string of the molecule is COC(CCCc1ccccc1)(OC)OC. The number of hydrogen-bond donors (Lipinski definition) is 0. The van der Waals surface area contributed by atoms with Gasteiger partial charge in [0.25, 0.3) is 5.97 Å². The first-order valence-corrected chi connectivity index (χ1v) is 5.45. The van der Waals surface area contributed by atoms with Gasteiger partial charge in [0, 0.05) is 27.8 Å². The predicted octanol–water partition coefficient (Wildman–Crippen LogP) is 2.60. The van der Waals surface area contributed by atoms with Crippen molar-refractivity contribution in [2.45, 2.75) is 25.2 Å². The van der Waals surface area contributed by atoms with Gasteiger partial charge < -0.3 is 14.2 Å². The Balaban J connectivity index is 2.39. The summed E-state index contributed by atoms with van der Waals surface area (Å²) in [5.41, 5.74) is 1.32. The fourth-order valence-corrected chi connectivity index (χ4v) is 1.71. The van der Waals surface area contributed by atoms with Crippen molar-refractivity contribution >= 4 is 0 Å². The summed E-state index contributed by atoms with van der Waals surface area (Å²) in [6.45, 7) is 0. The maximum atomic E-state index is 5.23. The van der Waals surface area contributed by atoms with Crippen LogP contribution in [-0.2, 0) is 20.6 Å². The van der Waals surface area contributed by atoms with Crippen molar-refractivity contribution in [1.82, 2.24) is 0 Å². The smallest absolute Gasteiger partial charge is 0.282 e. The van der Waals surface area contributed by atoms with Crippen LogP contribution in [0.25, 0.3) is 0 Å². The monoisotopic (exact) mass is 224 g/mol. The van der Waals surface area contributed by atoms with Crippen molar-refractivity contribution in [3.05, 3.63) is 35.9 Å². The number of aryl methyl sites for hydroxylation is 1. The van der Waals surface area contributed by atoms with E-state index in [1.54, 1.807) is 21.3 Å². The number of benzene rings is 1. The second kappa shape index (κ2) is 6.63. The molecule has 1 aromatic rings. The van der Waals surface area contributed by atoms with Crippen molar-refractivity contribution in [2.75, 3.05) is 21.3 Å². The van der Waals surface area contributed by atoms with Crippen LogP contribution in [0.4, 0.5) is 0 Å². The zero-order valence-corrected chi connectivity index (χ0v) is 10.2. The third kappa shape index (κ3) is 3.59. The molecule has 0 bridgehead atoms. The highest BCUT2D eigenvalue weighted by Gasteiger charge is 2.28. The van der Waals surface area contributed by atoms with Crippen LogP contribution < -0.4 is 0 Å². The van der Waals surface area contributed by atoms with Gasteiger partial charge in [-0.3, -0.25) is 0 Å². The van der Waals surface area contributed by atoms with Crippen molar-refractivity contribution in [3.8, 4) is 0 Å². The molecule has 1 rings (SSSR count). The molecule has 3 heteroatoms. The number of rotatable bonds is 7. The lowest BCUT2D eigenvalue weighted by Crippen LogP contribution is -2.35. The molecule has 0 N–H and O–H groups in total. The normalized spacial score (nSPS) is 11.7. The van der Waals surface area contributed by atoms with Gasteiger partial charge in [-0.25, -0.2) is 0 Å². The molecule has 0 atom stereocenters. The van der Waals surface area contributed by atoms with Crippen molar-refractivity contribution in [2.24, 2.45) is 0 Å². The quantitative estimate of drug-likeness (QED) is 0.666. The first kappa shape index (κ1) is 13.2. The Morgan fingerprint density at radius 2 is 1.50 bits per heavy atom. The fourth-order valence-electron chi connectivity index (χ4n) is 1.71. The molecule has 0 amide bonds. The summed E-state index contributed by atoms with van der Waals surface area (Å²) >= 11 is 0. The highest BCUT2D eigenvalue weighted by molar-refractivity contribution is 5.14. The van der Waals surface area contributed by atoms with E-state index >= 15 is 0 Å². The standard InChI is InChI=1S/C13H20O3/c1-14-13(15-2,16-3)11-7-10-12-8-5-4-6-9-12/h4-6,8-9H,7,10-11H2,1-3H3. The van der Waals surface area contributed by atoms with Gasteiger partial charge in [-0.15, -0.1) is 0 Å². The molecule has 0 radical (unpaired) electrons. The fraction of sp³-hybridized carbons (Fsp3) is 0.538. The molecule has 16 heavy (non-hydrogen) atoms. The van der Waals surface area contributed by atoms with Gasteiger partial charge in [-0.05, 0) is 18.4 Å². The number of ether oxygens (including phenoxy) is 3. The molecule has 0 aromatic heterocycles. The van der Waals surface area contributed by atoms with E-state index in [1.807, 2.05) is 18.2 Å². The second-order valence-corrected chi connectivity index (χ2v) is 3.63. The summed E-state index contributed by atoms with van der Waals surface area (Å²) < 4.78 is 15.7. The van der Waals surface area contributed by atoms with Crippen LogP contribution in [0.2, 0.25) is 0 Å². The van der Waals surface area contributed by atoms with E-state index in [1.165, 1.54) is 5.56 Å². The second-order valence-electron chi connectivity index (χ2n) is 3.63. The molecule has 0 saturated carbocycles. The molecular weight excluding hydrogens is 204 g/mol. The summed E-state index contributed by atoms with van der Waals surface area (Å²) in [4.78, 5) is 0.